The minimum Gasteiger partial charge on any atom is -0.506 e. The smallest absolute Gasteiger partial charge is 0.286 e. The second-order valence-electron chi connectivity index (χ2n) is 11.9. The van der Waals surface area contributed by atoms with Gasteiger partial charge in [-0.05, 0) is 42.5 Å². The van der Waals surface area contributed by atoms with Gasteiger partial charge in [-0.25, -0.2) is 16.8 Å². The van der Waals surface area contributed by atoms with Crippen LogP contribution in [0.25, 0.3) is 5.76 Å². The van der Waals surface area contributed by atoms with Crippen LogP contribution in [0.15, 0.2) is 57.3 Å². The molecule has 0 spiro atoms. The highest BCUT2D eigenvalue weighted by Crippen LogP contribution is 2.43. The fraction of sp³-hybridized carbons (Fsp3) is 0.448. The second-order valence-corrected chi connectivity index (χ2v) is 17.1. The predicted molar refractivity (Wildman–Crippen MR) is 174 cm³/mol. The molecule has 250 valence electrons. The minimum atomic E-state index is -4.52. The number of ether oxygens (including phenoxy) is 1. The summed E-state index contributed by atoms with van der Waals surface area (Å²) in [5, 5.41) is 14.3. The van der Waals surface area contributed by atoms with Gasteiger partial charge in [-0.3, -0.25) is 14.4 Å². The first-order valence-corrected chi connectivity index (χ1v) is 19.6. The van der Waals surface area contributed by atoms with E-state index in [2.05, 4.69) is 19.2 Å². The van der Waals surface area contributed by atoms with E-state index in [4.69, 9.17) is 4.74 Å². The third-order valence-corrected chi connectivity index (χ3v) is 11.3. The molecule has 5 rings (SSSR count). The molecule has 0 bridgehead atoms. The van der Waals surface area contributed by atoms with Crippen LogP contribution in [0.2, 0.25) is 0 Å². The van der Waals surface area contributed by atoms with Crippen LogP contribution in [0.5, 0.6) is 0 Å². The van der Waals surface area contributed by atoms with Crippen molar-refractivity contribution in [3.8, 4) is 0 Å². The van der Waals surface area contributed by atoms with Crippen molar-refractivity contribution >= 4 is 58.8 Å². The molecular weight excluding hydrogens is 659 g/mol. The van der Waals surface area contributed by atoms with Crippen molar-refractivity contribution in [2.24, 2.45) is 10.3 Å². The van der Waals surface area contributed by atoms with Crippen molar-refractivity contribution in [1.29, 1.82) is 0 Å². The molecule has 0 saturated carbocycles. The molecule has 2 aliphatic heterocycles. The Hall–Kier alpha value is -3.35. The first-order chi connectivity index (χ1) is 21.5. The van der Waals surface area contributed by atoms with E-state index in [1.54, 1.807) is 18.2 Å². The van der Waals surface area contributed by atoms with Gasteiger partial charge in [0.15, 0.2) is 11.6 Å². The number of hydrogen-bond acceptors (Lipinski definition) is 11. The highest BCUT2D eigenvalue weighted by molar-refractivity contribution is 7.92. The van der Waals surface area contributed by atoms with Gasteiger partial charge >= 0.3 is 0 Å². The summed E-state index contributed by atoms with van der Waals surface area (Å²) in [5.41, 5.74) is -2.02. The summed E-state index contributed by atoms with van der Waals surface area (Å²) >= 11 is 0. The number of Topliss-reactive ketones (excluding diaryl/α,β-unsaturated/α-hetero) is 1. The number of carbonyl (C=O) groups excluding carboxylic acids is 1. The van der Waals surface area contributed by atoms with E-state index in [9.17, 15) is 35.2 Å². The second kappa shape index (κ2) is 12.7. The van der Waals surface area contributed by atoms with Gasteiger partial charge in [0, 0.05) is 30.9 Å². The third-order valence-electron chi connectivity index (χ3n) is 7.96. The van der Waals surface area contributed by atoms with E-state index in [1.807, 2.05) is 18.7 Å². The summed E-state index contributed by atoms with van der Waals surface area (Å²) in [5.74, 6) is -2.16. The van der Waals surface area contributed by atoms with E-state index in [1.165, 1.54) is 18.2 Å². The van der Waals surface area contributed by atoms with Crippen molar-refractivity contribution < 1.29 is 39.9 Å². The fourth-order valence-corrected chi connectivity index (χ4v) is 8.84. The van der Waals surface area contributed by atoms with Crippen LogP contribution in [-0.2, 0) is 45.1 Å². The maximum atomic E-state index is 14.7. The highest BCUT2D eigenvalue weighted by Gasteiger charge is 2.51. The molecule has 46 heavy (non-hydrogen) atoms. The molecular formula is C29H37N5O9S3. The molecule has 2 heterocycles. The Kier molecular flexibility index (Phi) is 9.38. The summed E-state index contributed by atoms with van der Waals surface area (Å²) in [7, 11) is -12.4. The normalized spacial score (nSPS) is 21.7. The number of aliphatic hydroxyl groups excluding tert-OH is 1. The summed E-state index contributed by atoms with van der Waals surface area (Å²) in [6.07, 6.45) is 1.35. The number of hydrogen-bond donors (Lipinski definition) is 4. The van der Waals surface area contributed by atoms with Crippen LogP contribution in [0, 0.1) is 5.92 Å². The lowest BCUT2D eigenvalue weighted by atomic mass is 9.72. The molecule has 17 heteroatoms. The molecule has 2 aromatic carbocycles. The fourth-order valence-electron chi connectivity index (χ4n) is 5.70. The van der Waals surface area contributed by atoms with Gasteiger partial charge in [0.1, 0.15) is 21.8 Å². The zero-order valence-electron chi connectivity index (χ0n) is 25.6. The largest absolute Gasteiger partial charge is 0.506 e. The zero-order chi connectivity index (χ0) is 33.5. The third kappa shape index (κ3) is 7.13. The van der Waals surface area contributed by atoms with Gasteiger partial charge in [-0.1, -0.05) is 38.1 Å². The molecule has 0 amide bonds. The summed E-state index contributed by atoms with van der Waals surface area (Å²) < 4.78 is 91.7. The Labute approximate surface area is 269 Å². The Morgan fingerprint density at radius 1 is 1.11 bits per heavy atom. The quantitative estimate of drug-likeness (QED) is 0.268. The lowest BCUT2D eigenvalue weighted by molar-refractivity contribution is -0.121. The number of carbonyl (C=O) groups is 1. The molecule has 1 fully saturated rings. The number of anilines is 2. The lowest BCUT2D eigenvalue weighted by Crippen LogP contribution is -2.56. The first kappa shape index (κ1) is 34.0. The topological polar surface area (TPSA) is 201 Å². The maximum absolute atomic E-state index is 14.7. The van der Waals surface area contributed by atoms with Crippen molar-refractivity contribution in [2.75, 3.05) is 54.9 Å². The van der Waals surface area contributed by atoms with E-state index in [0.29, 0.717) is 32.7 Å². The number of benzene rings is 2. The molecule has 0 aromatic heterocycles. The standard InChI is InChI=1S/C29H37N5O9S3/c1-19(2)10-11-29(33-45(39,40)17-14-34-12-15-43-16-13-34)22-7-5-4-6-21(22)26(35)25(27(29)36)28-30-23-9-8-20(31-44(3,37)38)18-24(23)46(41,42)32-28/h4-9,18-19,31,33,35H,10-17H2,1-3H3,(H,30,32)/t29-/m0/s1. The summed E-state index contributed by atoms with van der Waals surface area (Å²) in [6.45, 7) is 6.19. The number of nitrogens with zero attached hydrogens (tertiary/aromatic N) is 2. The summed E-state index contributed by atoms with van der Waals surface area (Å²) in [4.78, 5) is 16.3. The van der Waals surface area contributed by atoms with Gasteiger partial charge in [0.25, 0.3) is 10.0 Å². The average Bonchev–Trinajstić information content (AvgIpc) is 2.97. The van der Waals surface area contributed by atoms with Crippen LogP contribution < -0.4 is 14.8 Å². The monoisotopic (exact) mass is 695 g/mol. The van der Waals surface area contributed by atoms with Crippen LogP contribution in [0.1, 0.15) is 37.8 Å². The van der Waals surface area contributed by atoms with Gasteiger partial charge in [-0.2, -0.15) is 13.1 Å². The van der Waals surface area contributed by atoms with E-state index in [-0.39, 0.29) is 52.0 Å². The SMILES string of the molecule is CC(C)CC[C@@]1(NS(=O)(=O)CCN2CCOCC2)C(=O)C(C2=NS(=O)(=O)c3cc(NS(C)(=O)=O)ccc3N2)=C(O)c2ccccc21. The van der Waals surface area contributed by atoms with E-state index >= 15 is 0 Å². The number of fused-ring (bicyclic) bond motifs is 2. The zero-order valence-corrected chi connectivity index (χ0v) is 28.1. The lowest BCUT2D eigenvalue weighted by Gasteiger charge is -2.40. The van der Waals surface area contributed by atoms with Crippen molar-refractivity contribution in [2.45, 2.75) is 37.1 Å². The maximum Gasteiger partial charge on any atom is 0.286 e. The number of ketones is 1. The molecule has 0 unspecified atom stereocenters. The number of nitrogens with one attached hydrogen (secondary N) is 3. The molecule has 4 N–H and O–H groups in total. The van der Waals surface area contributed by atoms with Crippen molar-refractivity contribution in [3.05, 3.63) is 59.2 Å². The number of amidine groups is 1. The first-order valence-electron chi connectivity index (χ1n) is 14.7. The van der Waals surface area contributed by atoms with Crippen LogP contribution in [0.4, 0.5) is 11.4 Å². The number of rotatable bonds is 11. The number of sulfonamides is 3. The summed E-state index contributed by atoms with van der Waals surface area (Å²) in [6, 6.07) is 10.1. The van der Waals surface area contributed by atoms with E-state index < -0.39 is 58.6 Å². The highest BCUT2D eigenvalue weighted by atomic mass is 32.2. The molecule has 14 nitrogen and oxygen atoms in total. The Morgan fingerprint density at radius 3 is 2.48 bits per heavy atom. The van der Waals surface area contributed by atoms with Crippen molar-refractivity contribution in [3.63, 3.8) is 0 Å². The van der Waals surface area contributed by atoms with Gasteiger partial charge in [0.2, 0.25) is 20.0 Å². The molecule has 1 aliphatic carbocycles. The van der Waals surface area contributed by atoms with Crippen LogP contribution >= 0.6 is 0 Å². The molecule has 1 atom stereocenters. The Morgan fingerprint density at radius 2 is 1.80 bits per heavy atom. The molecule has 0 radical (unpaired) electrons. The Balaban J connectivity index is 1.59. The van der Waals surface area contributed by atoms with Gasteiger partial charge < -0.3 is 15.2 Å². The van der Waals surface area contributed by atoms with Crippen molar-refractivity contribution in [1.82, 2.24) is 9.62 Å². The predicted octanol–water partition coefficient (Wildman–Crippen LogP) is 2.01. The average molecular weight is 696 g/mol. The molecule has 3 aliphatic rings. The number of aliphatic hydroxyl groups is 1. The van der Waals surface area contributed by atoms with E-state index in [0.717, 1.165) is 12.3 Å². The van der Waals surface area contributed by atoms with Gasteiger partial charge in [-0.15, -0.1) is 4.40 Å². The minimum absolute atomic E-state index is 0.0186. The Bertz CT molecular complexity index is 1940. The van der Waals surface area contributed by atoms with Crippen LogP contribution in [0.3, 0.4) is 0 Å². The molecule has 2 aromatic rings. The molecule has 1 saturated heterocycles. The van der Waals surface area contributed by atoms with Gasteiger partial charge in [0.05, 0.1) is 30.9 Å². The van der Waals surface area contributed by atoms with Crippen LogP contribution in [-0.4, -0.2) is 91.7 Å². The number of morpholine rings is 1.